The fraction of sp³-hybridized carbons (Fsp3) is 0.458. The summed E-state index contributed by atoms with van der Waals surface area (Å²) in [6.45, 7) is 8.65. The van der Waals surface area contributed by atoms with Crippen molar-refractivity contribution in [2.45, 2.75) is 39.2 Å². The van der Waals surface area contributed by atoms with Gasteiger partial charge in [0.1, 0.15) is 0 Å². The highest BCUT2D eigenvalue weighted by molar-refractivity contribution is 8.16. The normalized spacial score (nSPS) is 21.0. The molecule has 0 radical (unpaired) electrons. The Morgan fingerprint density at radius 2 is 1.94 bits per heavy atom. The number of esters is 1. The molecule has 1 aromatic carbocycles. The molecule has 1 fully saturated rings. The number of amides is 1. The van der Waals surface area contributed by atoms with Gasteiger partial charge in [-0.25, -0.2) is 14.8 Å². The molecule has 1 saturated heterocycles. The summed E-state index contributed by atoms with van der Waals surface area (Å²) in [5, 5.41) is 4.58. The van der Waals surface area contributed by atoms with Crippen molar-refractivity contribution < 1.29 is 19.1 Å². The third kappa shape index (κ3) is 5.00. The number of aliphatic imine (C=N–C) groups is 1. The summed E-state index contributed by atoms with van der Waals surface area (Å²) in [5.74, 6) is -0.117. The van der Waals surface area contributed by atoms with Crippen LogP contribution in [0.2, 0.25) is 0 Å². The first-order valence-corrected chi connectivity index (χ1v) is 12.0. The Labute approximate surface area is 198 Å². The zero-order valence-corrected chi connectivity index (χ0v) is 20.3. The number of rotatable bonds is 6. The van der Waals surface area contributed by atoms with E-state index in [1.54, 1.807) is 0 Å². The second-order valence-corrected chi connectivity index (χ2v) is 9.35. The second kappa shape index (κ2) is 10.1. The molecule has 0 spiro atoms. The van der Waals surface area contributed by atoms with E-state index in [1.165, 1.54) is 24.4 Å². The van der Waals surface area contributed by atoms with Crippen molar-refractivity contribution in [3.63, 3.8) is 0 Å². The Kier molecular flexibility index (Phi) is 7.21. The largest absolute Gasteiger partial charge is 0.466 e. The van der Waals surface area contributed by atoms with Crippen LogP contribution in [-0.2, 0) is 19.1 Å². The maximum absolute atomic E-state index is 12.8. The molecule has 8 nitrogen and oxygen atoms in total. The first-order chi connectivity index (χ1) is 15.9. The maximum atomic E-state index is 12.8. The van der Waals surface area contributed by atoms with E-state index in [9.17, 15) is 9.59 Å². The molecule has 0 saturated carbocycles. The third-order valence-electron chi connectivity index (χ3n) is 5.96. The smallest absolute Gasteiger partial charge is 0.338 e. The molecule has 176 valence electrons. The zero-order chi connectivity index (χ0) is 23.5. The van der Waals surface area contributed by atoms with Gasteiger partial charge < -0.3 is 14.4 Å². The Morgan fingerprint density at radius 1 is 1.24 bits per heavy atom. The van der Waals surface area contributed by atoms with Gasteiger partial charge in [0.25, 0.3) is 0 Å². The Bertz CT molecular complexity index is 1010. The molecule has 4 rings (SSSR count). The minimum absolute atomic E-state index is 0.107. The SMILES string of the molecule is COC(=O)C1=C(C)N=C2SC=C(CC(=O)NN3CCOCC3)N2[C@H]1c1ccc(C(C)C)cc1. The highest BCUT2D eigenvalue weighted by Crippen LogP contribution is 2.44. The van der Waals surface area contributed by atoms with Crippen molar-refractivity contribution >= 4 is 28.8 Å². The molecule has 3 heterocycles. The number of hydrogen-bond donors (Lipinski definition) is 1. The lowest BCUT2D eigenvalue weighted by Crippen LogP contribution is -2.48. The van der Waals surface area contributed by atoms with E-state index in [0.29, 0.717) is 43.5 Å². The summed E-state index contributed by atoms with van der Waals surface area (Å²) in [7, 11) is 1.38. The molecule has 3 aliphatic heterocycles. The van der Waals surface area contributed by atoms with Gasteiger partial charge in [-0.05, 0) is 29.4 Å². The molecule has 3 aliphatic rings. The predicted octanol–water partition coefficient (Wildman–Crippen LogP) is 3.31. The number of benzene rings is 1. The molecule has 1 atom stereocenters. The van der Waals surface area contributed by atoms with Crippen molar-refractivity contribution in [1.29, 1.82) is 0 Å². The Morgan fingerprint density at radius 3 is 2.58 bits per heavy atom. The van der Waals surface area contributed by atoms with Crippen LogP contribution in [-0.4, -0.2) is 60.4 Å². The summed E-state index contributed by atoms with van der Waals surface area (Å²) < 4.78 is 10.5. The summed E-state index contributed by atoms with van der Waals surface area (Å²) in [6.07, 6.45) is 0.178. The Hall–Kier alpha value is -2.62. The summed E-state index contributed by atoms with van der Waals surface area (Å²) in [6, 6.07) is 7.87. The van der Waals surface area contributed by atoms with Gasteiger partial charge in [-0.2, -0.15) is 0 Å². The number of hydrogen-bond acceptors (Lipinski definition) is 8. The minimum Gasteiger partial charge on any atom is -0.466 e. The second-order valence-electron chi connectivity index (χ2n) is 8.52. The van der Waals surface area contributed by atoms with Gasteiger partial charge in [0.05, 0.1) is 44.1 Å². The van der Waals surface area contributed by atoms with E-state index >= 15 is 0 Å². The van der Waals surface area contributed by atoms with Crippen LogP contribution in [0.1, 0.15) is 50.3 Å². The number of carbonyl (C=O) groups is 2. The predicted molar refractivity (Wildman–Crippen MR) is 128 cm³/mol. The number of allylic oxidation sites excluding steroid dienone is 1. The van der Waals surface area contributed by atoms with Gasteiger partial charge in [-0.3, -0.25) is 10.2 Å². The number of hydrazine groups is 1. The molecule has 0 aromatic heterocycles. The minimum atomic E-state index is -0.415. The van der Waals surface area contributed by atoms with E-state index in [1.807, 2.05) is 34.4 Å². The zero-order valence-electron chi connectivity index (χ0n) is 19.5. The number of methoxy groups -OCH3 is 1. The lowest BCUT2D eigenvalue weighted by molar-refractivity contribution is -0.136. The standard InChI is InChI=1S/C24H30N4O4S/c1-15(2)17-5-7-18(8-6-17)22-21(23(30)31-4)16(3)25-24-28(22)19(14-33-24)13-20(29)26-27-9-11-32-12-10-27/h5-8,14-15,22H,9-13H2,1-4H3,(H,26,29)/t22-/m0/s1. The van der Waals surface area contributed by atoms with Crippen LogP contribution in [0.5, 0.6) is 0 Å². The summed E-state index contributed by atoms with van der Waals surface area (Å²) in [5.41, 5.74) is 7.06. The molecule has 1 N–H and O–H groups in total. The molecule has 0 unspecified atom stereocenters. The molecule has 9 heteroatoms. The van der Waals surface area contributed by atoms with Crippen molar-refractivity contribution in [1.82, 2.24) is 15.3 Å². The molecular formula is C24H30N4O4S. The van der Waals surface area contributed by atoms with Crippen LogP contribution in [0.3, 0.4) is 0 Å². The van der Waals surface area contributed by atoms with Crippen molar-refractivity contribution in [2.75, 3.05) is 33.4 Å². The highest BCUT2D eigenvalue weighted by atomic mass is 32.2. The lowest BCUT2D eigenvalue weighted by atomic mass is 9.92. The topological polar surface area (TPSA) is 83.5 Å². The lowest BCUT2D eigenvalue weighted by Gasteiger charge is -2.36. The molecule has 1 aromatic rings. The number of morpholine rings is 1. The van der Waals surface area contributed by atoms with Gasteiger partial charge in [-0.1, -0.05) is 49.9 Å². The first-order valence-electron chi connectivity index (χ1n) is 11.1. The summed E-state index contributed by atoms with van der Waals surface area (Å²) in [4.78, 5) is 32.3. The van der Waals surface area contributed by atoms with Gasteiger partial charge >= 0.3 is 5.97 Å². The van der Waals surface area contributed by atoms with Crippen molar-refractivity contribution in [3.05, 3.63) is 57.8 Å². The fourth-order valence-corrected chi connectivity index (χ4v) is 5.14. The van der Waals surface area contributed by atoms with Crippen LogP contribution < -0.4 is 5.43 Å². The molecule has 0 aliphatic carbocycles. The van der Waals surface area contributed by atoms with Crippen LogP contribution in [0.4, 0.5) is 0 Å². The van der Waals surface area contributed by atoms with Gasteiger partial charge in [0.15, 0.2) is 5.17 Å². The van der Waals surface area contributed by atoms with E-state index in [2.05, 4.69) is 36.4 Å². The van der Waals surface area contributed by atoms with Crippen molar-refractivity contribution in [3.8, 4) is 0 Å². The van der Waals surface area contributed by atoms with Gasteiger partial charge in [-0.15, -0.1) is 0 Å². The third-order valence-corrected chi connectivity index (χ3v) is 6.85. The van der Waals surface area contributed by atoms with E-state index < -0.39 is 12.0 Å². The number of nitrogens with one attached hydrogen (secondary N) is 1. The monoisotopic (exact) mass is 470 g/mol. The number of carbonyl (C=O) groups excluding carboxylic acids is 2. The van der Waals surface area contributed by atoms with E-state index in [4.69, 9.17) is 9.47 Å². The van der Waals surface area contributed by atoms with E-state index in [-0.39, 0.29) is 12.3 Å². The highest BCUT2D eigenvalue weighted by Gasteiger charge is 2.41. The van der Waals surface area contributed by atoms with Crippen LogP contribution >= 0.6 is 11.8 Å². The average Bonchev–Trinajstić information content (AvgIpc) is 3.20. The van der Waals surface area contributed by atoms with Crippen LogP contribution in [0, 0.1) is 0 Å². The molecule has 0 bridgehead atoms. The quantitative estimate of drug-likeness (QED) is 0.639. The van der Waals surface area contributed by atoms with Gasteiger partial charge in [0, 0.05) is 18.8 Å². The number of nitrogens with zero attached hydrogens (tertiary/aromatic N) is 3. The first kappa shape index (κ1) is 23.5. The average molecular weight is 471 g/mol. The van der Waals surface area contributed by atoms with Gasteiger partial charge in [0.2, 0.25) is 5.91 Å². The van der Waals surface area contributed by atoms with Crippen molar-refractivity contribution in [2.24, 2.45) is 4.99 Å². The number of fused-ring (bicyclic) bond motifs is 1. The van der Waals surface area contributed by atoms with Crippen LogP contribution in [0.25, 0.3) is 0 Å². The fourth-order valence-electron chi connectivity index (χ4n) is 4.17. The maximum Gasteiger partial charge on any atom is 0.338 e. The molecule has 1 amide bonds. The number of amidine groups is 1. The number of thioether (sulfide) groups is 1. The number of ether oxygens (including phenoxy) is 2. The Balaban J connectivity index is 1.63. The molecular weight excluding hydrogens is 440 g/mol. The molecule has 33 heavy (non-hydrogen) atoms. The van der Waals surface area contributed by atoms with E-state index in [0.717, 1.165) is 16.4 Å². The summed E-state index contributed by atoms with van der Waals surface area (Å²) >= 11 is 1.47. The van der Waals surface area contributed by atoms with Crippen LogP contribution in [0.15, 0.2) is 51.6 Å².